The Morgan fingerprint density at radius 3 is 2.69 bits per heavy atom. The van der Waals surface area contributed by atoms with Gasteiger partial charge in [-0.3, -0.25) is 0 Å². The SMILES string of the molecule is CC(C)CCCCc1nncn1C. The second-order valence-corrected chi connectivity index (χ2v) is 4.00. The minimum Gasteiger partial charge on any atom is -0.321 e. The van der Waals surface area contributed by atoms with Gasteiger partial charge >= 0.3 is 0 Å². The van der Waals surface area contributed by atoms with E-state index in [1.165, 1.54) is 19.3 Å². The zero-order valence-corrected chi connectivity index (χ0v) is 8.82. The Hall–Kier alpha value is -0.860. The Labute approximate surface area is 80.2 Å². The van der Waals surface area contributed by atoms with E-state index in [4.69, 9.17) is 0 Å². The topological polar surface area (TPSA) is 30.7 Å². The quantitative estimate of drug-likeness (QED) is 0.652. The molecule has 1 heterocycles. The van der Waals surface area contributed by atoms with E-state index in [2.05, 4.69) is 24.0 Å². The maximum absolute atomic E-state index is 4.05. The van der Waals surface area contributed by atoms with Crippen LogP contribution in [0.2, 0.25) is 0 Å². The van der Waals surface area contributed by atoms with E-state index in [9.17, 15) is 0 Å². The number of aryl methyl sites for hydroxylation is 2. The highest BCUT2D eigenvalue weighted by Gasteiger charge is 2.00. The predicted molar refractivity (Wildman–Crippen MR) is 53.4 cm³/mol. The summed E-state index contributed by atoms with van der Waals surface area (Å²) >= 11 is 0. The lowest BCUT2D eigenvalue weighted by Gasteiger charge is -2.03. The van der Waals surface area contributed by atoms with Gasteiger partial charge in [-0.2, -0.15) is 0 Å². The third-order valence-electron chi connectivity index (χ3n) is 2.24. The van der Waals surface area contributed by atoms with Crippen molar-refractivity contribution in [2.24, 2.45) is 13.0 Å². The van der Waals surface area contributed by atoms with E-state index in [0.29, 0.717) is 0 Å². The molecule has 0 aliphatic heterocycles. The molecule has 0 fully saturated rings. The first kappa shape index (κ1) is 10.2. The molecule has 3 heteroatoms. The van der Waals surface area contributed by atoms with Gasteiger partial charge in [-0.1, -0.05) is 26.7 Å². The number of hydrogen-bond acceptors (Lipinski definition) is 2. The van der Waals surface area contributed by atoms with Gasteiger partial charge in [-0.25, -0.2) is 0 Å². The van der Waals surface area contributed by atoms with E-state index >= 15 is 0 Å². The predicted octanol–water partition coefficient (Wildman–Crippen LogP) is 2.18. The van der Waals surface area contributed by atoms with Crippen molar-refractivity contribution in [1.82, 2.24) is 14.8 Å². The molecule has 0 saturated carbocycles. The van der Waals surface area contributed by atoms with E-state index in [0.717, 1.165) is 18.2 Å². The molecule has 74 valence electrons. The molecule has 0 N–H and O–H groups in total. The van der Waals surface area contributed by atoms with Gasteiger partial charge < -0.3 is 4.57 Å². The summed E-state index contributed by atoms with van der Waals surface area (Å²) < 4.78 is 2.00. The number of hydrogen-bond donors (Lipinski definition) is 0. The Bertz CT molecular complexity index is 240. The fraction of sp³-hybridized carbons (Fsp3) is 0.800. The maximum atomic E-state index is 4.05. The van der Waals surface area contributed by atoms with Gasteiger partial charge in [0.05, 0.1) is 0 Å². The Morgan fingerprint density at radius 1 is 1.38 bits per heavy atom. The molecule has 0 atom stereocenters. The van der Waals surface area contributed by atoms with Crippen LogP contribution in [-0.4, -0.2) is 14.8 Å². The number of rotatable bonds is 5. The van der Waals surface area contributed by atoms with Crippen LogP contribution in [0.3, 0.4) is 0 Å². The number of aromatic nitrogens is 3. The molecule has 0 unspecified atom stereocenters. The molecule has 13 heavy (non-hydrogen) atoms. The minimum atomic E-state index is 0.819. The Kier molecular flexibility index (Phi) is 3.93. The van der Waals surface area contributed by atoms with Gasteiger partial charge in [-0.05, 0) is 12.3 Å². The monoisotopic (exact) mass is 181 g/mol. The van der Waals surface area contributed by atoms with Crippen molar-refractivity contribution < 1.29 is 0 Å². The van der Waals surface area contributed by atoms with Crippen LogP contribution in [-0.2, 0) is 13.5 Å². The normalized spacial score (nSPS) is 11.1. The highest BCUT2D eigenvalue weighted by molar-refractivity contribution is 4.83. The van der Waals surface area contributed by atoms with Crippen LogP contribution in [0.4, 0.5) is 0 Å². The largest absolute Gasteiger partial charge is 0.321 e. The van der Waals surface area contributed by atoms with Crippen LogP contribution in [0.1, 0.15) is 38.9 Å². The van der Waals surface area contributed by atoms with Crippen molar-refractivity contribution in [2.75, 3.05) is 0 Å². The number of nitrogens with zero attached hydrogens (tertiary/aromatic N) is 3. The molecule has 0 radical (unpaired) electrons. The van der Waals surface area contributed by atoms with Gasteiger partial charge in [0.1, 0.15) is 12.2 Å². The van der Waals surface area contributed by atoms with Gasteiger partial charge in [0, 0.05) is 13.5 Å². The van der Waals surface area contributed by atoms with E-state index < -0.39 is 0 Å². The summed E-state index contributed by atoms with van der Waals surface area (Å²) in [6, 6.07) is 0. The molecule has 0 amide bonds. The third kappa shape index (κ3) is 3.57. The van der Waals surface area contributed by atoms with Crippen LogP contribution in [0.5, 0.6) is 0 Å². The van der Waals surface area contributed by atoms with Crippen molar-refractivity contribution in [1.29, 1.82) is 0 Å². The van der Waals surface area contributed by atoms with E-state index in [1.54, 1.807) is 6.33 Å². The van der Waals surface area contributed by atoms with Crippen LogP contribution in [0.25, 0.3) is 0 Å². The molecule has 0 aliphatic rings. The number of unbranched alkanes of at least 4 members (excludes halogenated alkanes) is 1. The first-order valence-corrected chi connectivity index (χ1v) is 5.03. The lowest BCUT2D eigenvalue weighted by Crippen LogP contribution is -1.97. The van der Waals surface area contributed by atoms with Crippen molar-refractivity contribution in [3.63, 3.8) is 0 Å². The summed E-state index contributed by atoms with van der Waals surface area (Å²) in [4.78, 5) is 0. The molecule has 1 aromatic heterocycles. The average molecular weight is 181 g/mol. The van der Waals surface area contributed by atoms with Gasteiger partial charge in [-0.15, -0.1) is 10.2 Å². The lowest BCUT2D eigenvalue weighted by atomic mass is 10.1. The fourth-order valence-electron chi connectivity index (χ4n) is 1.37. The van der Waals surface area contributed by atoms with Crippen molar-refractivity contribution in [3.05, 3.63) is 12.2 Å². The average Bonchev–Trinajstić information content (AvgIpc) is 2.45. The van der Waals surface area contributed by atoms with E-state index in [1.807, 2.05) is 11.6 Å². The Morgan fingerprint density at radius 2 is 2.15 bits per heavy atom. The highest BCUT2D eigenvalue weighted by Crippen LogP contribution is 2.08. The Balaban J connectivity index is 2.17. The molecule has 0 spiro atoms. The summed E-state index contributed by atoms with van der Waals surface area (Å²) in [5.41, 5.74) is 0. The minimum absolute atomic E-state index is 0.819. The molecule has 3 nitrogen and oxygen atoms in total. The van der Waals surface area contributed by atoms with Crippen LogP contribution >= 0.6 is 0 Å². The zero-order chi connectivity index (χ0) is 9.68. The van der Waals surface area contributed by atoms with Gasteiger partial charge in [0.15, 0.2) is 0 Å². The van der Waals surface area contributed by atoms with Crippen LogP contribution in [0.15, 0.2) is 6.33 Å². The molecule has 0 saturated heterocycles. The van der Waals surface area contributed by atoms with Gasteiger partial charge in [0.25, 0.3) is 0 Å². The highest BCUT2D eigenvalue weighted by atomic mass is 15.2. The fourth-order valence-corrected chi connectivity index (χ4v) is 1.37. The molecular weight excluding hydrogens is 162 g/mol. The first-order valence-electron chi connectivity index (χ1n) is 5.03. The van der Waals surface area contributed by atoms with Crippen molar-refractivity contribution in [3.8, 4) is 0 Å². The van der Waals surface area contributed by atoms with Crippen LogP contribution < -0.4 is 0 Å². The summed E-state index contributed by atoms with van der Waals surface area (Å²) in [5.74, 6) is 1.92. The van der Waals surface area contributed by atoms with Gasteiger partial charge in [0.2, 0.25) is 0 Å². The summed E-state index contributed by atoms with van der Waals surface area (Å²) in [5, 5.41) is 7.89. The zero-order valence-electron chi connectivity index (χ0n) is 8.82. The molecule has 0 bridgehead atoms. The van der Waals surface area contributed by atoms with Crippen LogP contribution in [0, 0.1) is 5.92 Å². The smallest absolute Gasteiger partial charge is 0.132 e. The first-order chi connectivity index (χ1) is 6.20. The van der Waals surface area contributed by atoms with Crippen molar-refractivity contribution >= 4 is 0 Å². The standard InChI is InChI=1S/C10H19N3/c1-9(2)6-4-5-7-10-12-11-8-13(10)3/h8-9H,4-7H2,1-3H3. The summed E-state index contributed by atoms with van der Waals surface area (Å²) in [6.45, 7) is 4.53. The molecule has 1 rings (SSSR count). The van der Waals surface area contributed by atoms with Crippen molar-refractivity contribution in [2.45, 2.75) is 39.5 Å². The molecule has 0 aromatic carbocycles. The summed E-state index contributed by atoms with van der Waals surface area (Å²) in [7, 11) is 2.00. The molecule has 1 aromatic rings. The second kappa shape index (κ2) is 5.00. The molecule has 0 aliphatic carbocycles. The lowest BCUT2D eigenvalue weighted by molar-refractivity contribution is 0.531. The van der Waals surface area contributed by atoms with E-state index in [-0.39, 0.29) is 0 Å². The second-order valence-electron chi connectivity index (χ2n) is 4.00. The maximum Gasteiger partial charge on any atom is 0.132 e. The third-order valence-corrected chi connectivity index (χ3v) is 2.24. The summed E-state index contributed by atoms with van der Waals surface area (Å²) in [6.07, 6.45) is 6.66. The molecular formula is C10H19N3.